The average Bonchev–Trinajstić information content (AvgIpc) is 3.08. The minimum absolute atomic E-state index is 0.0745. The Labute approximate surface area is 138 Å². The Morgan fingerprint density at radius 1 is 0.958 bits per heavy atom. The fraction of sp³-hybridized carbons (Fsp3) is 0.0556. The summed E-state index contributed by atoms with van der Waals surface area (Å²) in [4.78, 5) is 12.1. The van der Waals surface area contributed by atoms with Crippen LogP contribution in [0.15, 0.2) is 59.5 Å². The van der Waals surface area contributed by atoms with E-state index in [9.17, 15) is 13.2 Å². The first kappa shape index (κ1) is 14.7. The van der Waals surface area contributed by atoms with Crippen LogP contribution in [0.4, 0.5) is 0 Å². The van der Waals surface area contributed by atoms with Crippen molar-refractivity contribution in [3.05, 3.63) is 65.9 Å². The highest BCUT2D eigenvalue weighted by atomic mass is 32.2. The van der Waals surface area contributed by atoms with Crippen LogP contribution >= 0.6 is 0 Å². The van der Waals surface area contributed by atoms with Crippen LogP contribution in [0.2, 0.25) is 0 Å². The highest BCUT2D eigenvalue weighted by molar-refractivity contribution is 7.87. The smallest absolute Gasteiger partial charge is 0.339 e. The van der Waals surface area contributed by atoms with Gasteiger partial charge in [-0.25, -0.2) is 0 Å². The van der Waals surface area contributed by atoms with Gasteiger partial charge in [0.1, 0.15) is 4.90 Å². The predicted molar refractivity (Wildman–Crippen MR) is 90.6 cm³/mol. The number of carbonyl (C=O) groups excluding carboxylic acids is 1. The second-order valence-corrected chi connectivity index (χ2v) is 7.14. The number of hydrogen-bond donors (Lipinski definition) is 0. The molecular weight excluding hydrogens is 326 g/mol. The van der Waals surface area contributed by atoms with E-state index in [0.717, 1.165) is 5.56 Å². The van der Waals surface area contributed by atoms with E-state index in [0.29, 0.717) is 16.6 Å². The van der Waals surface area contributed by atoms with Gasteiger partial charge in [0.25, 0.3) is 5.91 Å². The number of rotatable bonds is 3. The molecular formula is C18H13NO4S. The molecule has 0 aliphatic carbocycles. The van der Waals surface area contributed by atoms with Gasteiger partial charge in [0.05, 0.1) is 11.2 Å². The number of hydrogen-bond acceptors (Lipinski definition) is 4. The zero-order chi connectivity index (χ0) is 16.9. The Balaban J connectivity index is 1.88. The monoisotopic (exact) mass is 339 g/mol. The summed E-state index contributed by atoms with van der Waals surface area (Å²) in [6.07, 6.45) is 2.97. The molecule has 1 aromatic heterocycles. The summed E-state index contributed by atoms with van der Waals surface area (Å²) in [7, 11) is -3.99. The largest absolute Gasteiger partial charge is 0.376 e. The molecule has 4 rings (SSSR count). The van der Waals surface area contributed by atoms with Gasteiger partial charge >= 0.3 is 10.1 Å². The normalized spacial score (nSPS) is 13.5. The van der Waals surface area contributed by atoms with Crippen molar-refractivity contribution in [3.8, 4) is 5.75 Å². The van der Waals surface area contributed by atoms with Crippen LogP contribution in [0, 0.1) is 6.92 Å². The third kappa shape index (κ3) is 2.15. The van der Waals surface area contributed by atoms with Gasteiger partial charge in [-0.05, 0) is 37.3 Å². The van der Waals surface area contributed by atoms with Crippen molar-refractivity contribution >= 4 is 33.0 Å². The Morgan fingerprint density at radius 2 is 1.67 bits per heavy atom. The highest BCUT2D eigenvalue weighted by Crippen LogP contribution is 2.38. The molecule has 0 saturated carbocycles. The molecule has 6 heteroatoms. The summed E-state index contributed by atoms with van der Waals surface area (Å²) < 4.78 is 32.1. The van der Waals surface area contributed by atoms with Crippen LogP contribution in [0.3, 0.4) is 0 Å². The molecule has 0 radical (unpaired) electrons. The SMILES string of the molecule is Cc1ccc(S(=O)(=O)Oc2c3n(c4ccccc24)C(=O)C=C3)cc1. The molecule has 0 unspecified atom stereocenters. The van der Waals surface area contributed by atoms with Crippen LogP contribution in [0.25, 0.3) is 17.0 Å². The summed E-state index contributed by atoms with van der Waals surface area (Å²) in [5.74, 6) is -0.0444. The molecule has 0 N–H and O–H groups in total. The van der Waals surface area contributed by atoms with E-state index in [1.54, 1.807) is 42.5 Å². The lowest BCUT2D eigenvalue weighted by Gasteiger charge is -2.07. The van der Waals surface area contributed by atoms with Gasteiger partial charge in [-0.2, -0.15) is 8.42 Å². The Kier molecular flexibility index (Phi) is 3.11. The highest BCUT2D eigenvalue weighted by Gasteiger charge is 2.27. The van der Waals surface area contributed by atoms with Crippen molar-refractivity contribution in [1.82, 2.24) is 4.57 Å². The number of benzene rings is 2. The Hall–Kier alpha value is -2.86. The maximum atomic E-state index is 12.6. The minimum Gasteiger partial charge on any atom is -0.376 e. The molecule has 0 spiro atoms. The fourth-order valence-corrected chi connectivity index (χ4v) is 3.75. The van der Waals surface area contributed by atoms with Crippen LogP contribution in [0.5, 0.6) is 5.75 Å². The van der Waals surface area contributed by atoms with Crippen LogP contribution in [-0.2, 0) is 10.1 Å². The zero-order valence-corrected chi connectivity index (χ0v) is 13.6. The number of nitrogens with zero attached hydrogens (tertiary/aromatic N) is 1. The van der Waals surface area contributed by atoms with Gasteiger partial charge in [0.2, 0.25) is 0 Å². The number of carbonyl (C=O) groups is 1. The van der Waals surface area contributed by atoms with Gasteiger partial charge in [-0.3, -0.25) is 9.36 Å². The zero-order valence-electron chi connectivity index (χ0n) is 12.8. The minimum atomic E-state index is -3.99. The van der Waals surface area contributed by atoms with Gasteiger partial charge in [-0.15, -0.1) is 0 Å². The first-order valence-corrected chi connectivity index (χ1v) is 8.75. The van der Waals surface area contributed by atoms with E-state index in [1.807, 2.05) is 6.92 Å². The first-order valence-electron chi connectivity index (χ1n) is 7.34. The second kappa shape index (κ2) is 5.07. The van der Waals surface area contributed by atoms with E-state index < -0.39 is 10.1 Å². The molecule has 0 fully saturated rings. The second-order valence-electron chi connectivity index (χ2n) is 5.59. The van der Waals surface area contributed by atoms with E-state index >= 15 is 0 Å². The van der Waals surface area contributed by atoms with E-state index in [-0.39, 0.29) is 16.6 Å². The predicted octanol–water partition coefficient (Wildman–Crippen LogP) is 3.38. The molecule has 0 amide bonds. The maximum absolute atomic E-state index is 12.6. The molecule has 24 heavy (non-hydrogen) atoms. The molecule has 2 aromatic carbocycles. The quantitative estimate of drug-likeness (QED) is 0.686. The maximum Gasteiger partial charge on any atom is 0.339 e. The van der Waals surface area contributed by atoms with Crippen molar-refractivity contribution in [3.63, 3.8) is 0 Å². The van der Waals surface area contributed by atoms with Crippen molar-refractivity contribution in [2.45, 2.75) is 11.8 Å². The van der Waals surface area contributed by atoms with Crippen molar-refractivity contribution in [1.29, 1.82) is 0 Å². The average molecular weight is 339 g/mol. The number of aromatic nitrogens is 1. The summed E-state index contributed by atoms with van der Waals surface area (Å²) in [5.41, 5.74) is 2.02. The third-order valence-corrected chi connectivity index (χ3v) is 5.21. The van der Waals surface area contributed by atoms with Crippen LogP contribution < -0.4 is 4.18 Å². The lowest BCUT2D eigenvalue weighted by atomic mass is 10.2. The van der Waals surface area contributed by atoms with Gasteiger partial charge in [0.15, 0.2) is 5.75 Å². The Bertz CT molecular complexity index is 1110. The number of aryl methyl sites for hydroxylation is 1. The van der Waals surface area contributed by atoms with Crippen molar-refractivity contribution < 1.29 is 17.4 Å². The third-order valence-electron chi connectivity index (χ3n) is 3.97. The summed E-state index contributed by atoms with van der Waals surface area (Å²) in [5, 5.41) is 0.584. The molecule has 0 saturated heterocycles. The first-order chi connectivity index (χ1) is 11.5. The fourth-order valence-electron chi connectivity index (χ4n) is 2.79. The lowest BCUT2D eigenvalue weighted by molar-refractivity contribution is 0.0978. The molecule has 2 heterocycles. The molecule has 3 aromatic rings. The lowest BCUT2D eigenvalue weighted by Crippen LogP contribution is -2.10. The van der Waals surface area contributed by atoms with E-state index in [4.69, 9.17) is 4.18 Å². The molecule has 0 atom stereocenters. The van der Waals surface area contributed by atoms with Gasteiger partial charge in [0, 0.05) is 11.5 Å². The molecule has 1 aliphatic heterocycles. The van der Waals surface area contributed by atoms with Gasteiger partial charge in [-0.1, -0.05) is 29.8 Å². The number of allylic oxidation sites excluding steroid dienone is 1. The molecule has 5 nitrogen and oxygen atoms in total. The number of fused-ring (bicyclic) bond motifs is 3. The molecule has 120 valence electrons. The van der Waals surface area contributed by atoms with Gasteiger partial charge < -0.3 is 4.18 Å². The standard InChI is InChI=1S/C18H13NO4S/c1-12-6-8-13(9-7-12)24(21,22)23-18-14-4-2-3-5-15(14)19-16(18)10-11-17(19)20/h2-11H,1H3. The van der Waals surface area contributed by atoms with E-state index in [1.165, 1.54) is 22.8 Å². The molecule has 0 bridgehead atoms. The summed E-state index contributed by atoms with van der Waals surface area (Å²) in [6.45, 7) is 1.88. The Morgan fingerprint density at radius 3 is 2.42 bits per heavy atom. The number of para-hydroxylation sites is 1. The topological polar surface area (TPSA) is 65.4 Å². The van der Waals surface area contributed by atoms with Crippen LogP contribution in [0.1, 0.15) is 16.1 Å². The van der Waals surface area contributed by atoms with E-state index in [2.05, 4.69) is 0 Å². The van der Waals surface area contributed by atoms with Crippen molar-refractivity contribution in [2.75, 3.05) is 0 Å². The molecule has 1 aliphatic rings. The van der Waals surface area contributed by atoms with Crippen LogP contribution in [-0.4, -0.2) is 18.9 Å². The van der Waals surface area contributed by atoms with Crippen molar-refractivity contribution in [2.24, 2.45) is 0 Å². The summed E-state index contributed by atoms with van der Waals surface area (Å²) >= 11 is 0. The summed E-state index contributed by atoms with van der Waals surface area (Å²) in [6, 6.07) is 13.5.